The molecule has 0 unspecified atom stereocenters. The van der Waals surface area contributed by atoms with Gasteiger partial charge in [0.05, 0.1) is 5.69 Å². The second kappa shape index (κ2) is 6.75. The lowest BCUT2D eigenvalue weighted by atomic mass is 10.2. The number of halogens is 2. The van der Waals surface area contributed by atoms with Crippen LogP contribution in [0, 0.1) is 0 Å². The fraction of sp³-hybridized carbons (Fsp3) is 0.273. The lowest BCUT2D eigenvalue weighted by molar-refractivity contribution is -0.139. The number of hydrogen-bond acceptors (Lipinski definition) is 2. The summed E-state index contributed by atoms with van der Waals surface area (Å²) in [4.78, 5) is 22.4. The summed E-state index contributed by atoms with van der Waals surface area (Å²) in [7, 11) is 0. The van der Waals surface area contributed by atoms with Crippen LogP contribution in [-0.4, -0.2) is 23.1 Å². The molecule has 0 heterocycles. The summed E-state index contributed by atoms with van der Waals surface area (Å²) in [6.45, 7) is 1.69. The Labute approximate surface area is 121 Å². The van der Waals surface area contributed by atoms with Crippen LogP contribution in [0.2, 0.25) is 0 Å². The van der Waals surface area contributed by atoms with E-state index in [9.17, 15) is 9.59 Å². The first kappa shape index (κ1) is 15.0. The molecular formula is C11H12Br2N2O3. The molecule has 0 saturated heterocycles. The quantitative estimate of drug-likeness (QED) is 0.751. The summed E-state index contributed by atoms with van der Waals surface area (Å²) in [5.74, 6) is -1.05. The van der Waals surface area contributed by atoms with Crippen molar-refractivity contribution in [2.75, 3.05) is 5.32 Å². The third-order valence-electron chi connectivity index (χ3n) is 2.19. The summed E-state index contributed by atoms with van der Waals surface area (Å²) < 4.78 is 1.52. The molecule has 7 heteroatoms. The number of carbonyl (C=O) groups is 2. The normalized spacial score (nSPS) is 11.7. The molecule has 98 valence electrons. The van der Waals surface area contributed by atoms with Crippen molar-refractivity contribution in [1.29, 1.82) is 0 Å². The van der Waals surface area contributed by atoms with Gasteiger partial charge in [0.2, 0.25) is 0 Å². The molecule has 0 radical (unpaired) electrons. The molecule has 0 aliphatic carbocycles. The lowest BCUT2D eigenvalue weighted by Crippen LogP contribution is -2.42. The Morgan fingerprint density at radius 2 is 2.06 bits per heavy atom. The van der Waals surface area contributed by atoms with Crippen LogP contribution >= 0.6 is 31.9 Å². The summed E-state index contributed by atoms with van der Waals surface area (Å²) in [6.07, 6.45) is 0.322. The van der Waals surface area contributed by atoms with Crippen molar-refractivity contribution in [2.24, 2.45) is 0 Å². The predicted octanol–water partition coefficient (Wildman–Crippen LogP) is 3.20. The maximum Gasteiger partial charge on any atom is 0.326 e. The van der Waals surface area contributed by atoms with Crippen molar-refractivity contribution in [3.05, 3.63) is 27.1 Å². The van der Waals surface area contributed by atoms with Gasteiger partial charge in [-0.1, -0.05) is 22.9 Å². The lowest BCUT2D eigenvalue weighted by Gasteiger charge is -2.14. The first-order valence-electron chi connectivity index (χ1n) is 5.19. The smallest absolute Gasteiger partial charge is 0.326 e. The van der Waals surface area contributed by atoms with E-state index in [-0.39, 0.29) is 0 Å². The fourth-order valence-electron chi connectivity index (χ4n) is 1.25. The van der Waals surface area contributed by atoms with Crippen molar-refractivity contribution in [3.63, 3.8) is 0 Å². The highest BCUT2D eigenvalue weighted by Crippen LogP contribution is 2.25. The van der Waals surface area contributed by atoms with E-state index in [1.54, 1.807) is 19.1 Å². The predicted molar refractivity (Wildman–Crippen MR) is 75.7 cm³/mol. The van der Waals surface area contributed by atoms with E-state index in [1.165, 1.54) is 0 Å². The van der Waals surface area contributed by atoms with Crippen molar-refractivity contribution >= 4 is 49.5 Å². The van der Waals surface area contributed by atoms with Gasteiger partial charge in [0.1, 0.15) is 6.04 Å². The number of rotatable bonds is 4. The summed E-state index contributed by atoms with van der Waals surface area (Å²) in [5.41, 5.74) is 0.558. The Bertz CT molecular complexity index is 466. The van der Waals surface area contributed by atoms with Crippen LogP contribution in [-0.2, 0) is 4.79 Å². The van der Waals surface area contributed by atoms with Gasteiger partial charge in [0, 0.05) is 8.95 Å². The molecule has 1 aromatic carbocycles. The van der Waals surface area contributed by atoms with Crippen LogP contribution in [0.1, 0.15) is 13.3 Å². The molecule has 0 aliphatic heterocycles. The zero-order chi connectivity index (χ0) is 13.7. The van der Waals surface area contributed by atoms with E-state index >= 15 is 0 Å². The van der Waals surface area contributed by atoms with Crippen molar-refractivity contribution in [1.82, 2.24) is 5.32 Å². The largest absolute Gasteiger partial charge is 0.480 e. The van der Waals surface area contributed by atoms with Gasteiger partial charge in [-0.3, -0.25) is 0 Å². The molecule has 1 atom stereocenters. The number of carbonyl (C=O) groups excluding carboxylic acids is 1. The Morgan fingerprint density at radius 3 is 2.61 bits per heavy atom. The molecule has 0 fully saturated rings. The third kappa shape index (κ3) is 4.30. The van der Waals surface area contributed by atoms with Crippen LogP contribution in [0.25, 0.3) is 0 Å². The van der Waals surface area contributed by atoms with Gasteiger partial charge >= 0.3 is 12.0 Å². The van der Waals surface area contributed by atoms with Gasteiger partial charge in [0.25, 0.3) is 0 Å². The molecule has 0 spiro atoms. The highest BCUT2D eigenvalue weighted by Gasteiger charge is 2.17. The summed E-state index contributed by atoms with van der Waals surface area (Å²) in [5, 5.41) is 13.8. The topological polar surface area (TPSA) is 78.4 Å². The van der Waals surface area contributed by atoms with E-state index < -0.39 is 18.0 Å². The Kier molecular flexibility index (Phi) is 5.61. The van der Waals surface area contributed by atoms with E-state index in [2.05, 4.69) is 42.5 Å². The van der Waals surface area contributed by atoms with Gasteiger partial charge in [0.15, 0.2) is 0 Å². The Morgan fingerprint density at radius 1 is 1.39 bits per heavy atom. The van der Waals surface area contributed by atoms with Gasteiger partial charge < -0.3 is 15.7 Å². The highest BCUT2D eigenvalue weighted by molar-refractivity contribution is 9.11. The van der Waals surface area contributed by atoms with Crippen molar-refractivity contribution in [3.8, 4) is 0 Å². The number of hydrogen-bond donors (Lipinski definition) is 3. The van der Waals surface area contributed by atoms with Crippen LogP contribution in [0.5, 0.6) is 0 Å². The monoisotopic (exact) mass is 378 g/mol. The molecule has 3 N–H and O–H groups in total. The minimum atomic E-state index is -1.05. The number of urea groups is 1. The molecule has 0 bridgehead atoms. The number of nitrogens with one attached hydrogen (secondary N) is 2. The molecule has 2 amide bonds. The molecule has 5 nitrogen and oxygen atoms in total. The van der Waals surface area contributed by atoms with Gasteiger partial charge in [-0.25, -0.2) is 9.59 Å². The molecule has 18 heavy (non-hydrogen) atoms. The standard InChI is InChI=1S/C11H12Br2N2O3/c1-2-8(10(16)17)14-11(18)15-9-5-6(12)3-4-7(9)13/h3-5,8H,2H2,1H3,(H,16,17)(H2,14,15,18)/t8-/m1/s1. The van der Waals surface area contributed by atoms with E-state index in [1.807, 2.05) is 6.07 Å². The molecule has 0 saturated carbocycles. The zero-order valence-corrected chi connectivity index (χ0v) is 12.7. The minimum absolute atomic E-state index is 0.322. The number of carboxylic acid groups (broad SMARTS) is 1. The van der Waals surface area contributed by atoms with E-state index in [4.69, 9.17) is 5.11 Å². The zero-order valence-electron chi connectivity index (χ0n) is 9.54. The second-order valence-electron chi connectivity index (χ2n) is 3.52. The number of anilines is 1. The maximum atomic E-state index is 11.6. The van der Waals surface area contributed by atoms with Gasteiger partial charge in [-0.15, -0.1) is 0 Å². The maximum absolute atomic E-state index is 11.6. The first-order valence-corrected chi connectivity index (χ1v) is 6.78. The molecular weight excluding hydrogens is 368 g/mol. The second-order valence-corrected chi connectivity index (χ2v) is 5.29. The number of aliphatic carboxylic acids is 1. The van der Waals surface area contributed by atoms with Crippen molar-refractivity contribution in [2.45, 2.75) is 19.4 Å². The van der Waals surface area contributed by atoms with Crippen molar-refractivity contribution < 1.29 is 14.7 Å². The van der Waals surface area contributed by atoms with E-state index in [0.29, 0.717) is 16.6 Å². The number of carboxylic acids is 1. The summed E-state index contributed by atoms with van der Waals surface area (Å²) in [6, 6.07) is 3.86. The molecule has 0 aromatic heterocycles. The highest BCUT2D eigenvalue weighted by atomic mass is 79.9. The fourth-order valence-corrected chi connectivity index (χ4v) is 1.96. The van der Waals surface area contributed by atoms with Gasteiger partial charge in [-0.2, -0.15) is 0 Å². The first-order chi connectivity index (χ1) is 8.43. The summed E-state index contributed by atoms with van der Waals surface area (Å²) >= 11 is 6.58. The molecule has 1 rings (SSSR count). The SMILES string of the molecule is CC[C@@H](NC(=O)Nc1cc(Br)ccc1Br)C(=O)O. The minimum Gasteiger partial charge on any atom is -0.480 e. The number of amides is 2. The van der Waals surface area contributed by atoms with Gasteiger partial charge in [-0.05, 0) is 40.5 Å². The Balaban J connectivity index is 2.70. The van der Waals surface area contributed by atoms with Crippen LogP contribution in [0.3, 0.4) is 0 Å². The average Bonchev–Trinajstić information content (AvgIpc) is 2.30. The third-order valence-corrected chi connectivity index (χ3v) is 3.37. The number of benzene rings is 1. The van der Waals surface area contributed by atoms with E-state index in [0.717, 1.165) is 4.47 Å². The van der Waals surface area contributed by atoms with Crippen LogP contribution < -0.4 is 10.6 Å². The molecule has 1 aromatic rings. The molecule has 0 aliphatic rings. The average molecular weight is 380 g/mol. The Hall–Kier alpha value is -1.08. The van der Waals surface area contributed by atoms with Crippen LogP contribution in [0.4, 0.5) is 10.5 Å². The van der Waals surface area contributed by atoms with Crippen LogP contribution in [0.15, 0.2) is 27.1 Å².